The number of phenols is 1. The van der Waals surface area contributed by atoms with E-state index in [1.165, 1.54) is 0 Å². The van der Waals surface area contributed by atoms with E-state index in [1.54, 1.807) is 31.3 Å². The van der Waals surface area contributed by atoms with Crippen LogP contribution in [-0.4, -0.2) is 18.1 Å². The molecule has 110 valence electrons. The summed E-state index contributed by atoms with van der Waals surface area (Å²) >= 11 is 9.39. The van der Waals surface area contributed by atoms with Gasteiger partial charge in [0.25, 0.3) is 5.91 Å². The second kappa shape index (κ2) is 6.83. The van der Waals surface area contributed by atoms with Crippen LogP contribution in [0.15, 0.2) is 40.9 Å². The number of phenolic OH excluding ortho intramolecular Hbond substituents is 1. The highest BCUT2D eigenvalue weighted by Gasteiger charge is 2.09. The van der Waals surface area contributed by atoms with Crippen molar-refractivity contribution in [1.82, 2.24) is 5.32 Å². The van der Waals surface area contributed by atoms with Gasteiger partial charge in [0.05, 0.1) is 15.2 Å². The van der Waals surface area contributed by atoms with E-state index in [0.29, 0.717) is 27.3 Å². The summed E-state index contributed by atoms with van der Waals surface area (Å²) in [7, 11) is 1.57. The van der Waals surface area contributed by atoms with Crippen LogP contribution in [0.5, 0.6) is 5.75 Å². The van der Waals surface area contributed by atoms with Gasteiger partial charge in [-0.05, 0) is 40.2 Å². The number of amides is 1. The number of halogens is 2. The van der Waals surface area contributed by atoms with E-state index in [-0.39, 0.29) is 11.7 Å². The monoisotopic (exact) mass is 368 g/mol. The third-order valence-electron chi connectivity index (χ3n) is 3.00. The van der Waals surface area contributed by atoms with Crippen LogP contribution in [0.1, 0.15) is 15.9 Å². The molecule has 0 saturated heterocycles. The van der Waals surface area contributed by atoms with E-state index in [2.05, 4.69) is 26.6 Å². The average molecular weight is 370 g/mol. The summed E-state index contributed by atoms with van der Waals surface area (Å²) in [5, 5.41) is 16.1. The van der Waals surface area contributed by atoms with Crippen LogP contribution < -0.4 is 10.6 Å². The molecule has 2 aromatic rings. The van der Waals surface area contributed by atoms with Crippen molar-refractivity contribution in [3.05, 3.63) is 57.0 Å². The first-order valence-electron chi connectivity index (χ1n) is 6.24. The maximum Gasteiger partial charge on any atom is 0.251 e. The lowest BCUT2D eigenvalue weighted by Gasteiger charge is -2.11. The number of anilines is 1. The topological polar surface area (TPSA) is 61.4 Å². The first-order valence-corrected chi connectivity index (χ1v) is 7.42. The fraction of sp³-hybridized carbons (Fsp3) is 0.133. The Kier molecular flexibility index (Phi) is 5.09. The zero-order valence-corrected chi connectivity index (χ0v) is 13.6. The highest BCUT2D eigenvalue weighted by atomic mass is 79.9. The zero-order valence-electron chi connectivity index (χ0n) is 11.3. The molecule has 0 bridgehead atoms. The quantitative estimate of drug-likeness (QED) is 0.768. The Bertz CT molecular complexity index is 677. The summed E-state index contributed by atoms with van der Waals surface area (Å²) in [6, 6.07) is 10.4. The van der Waals surface area contributed by atoms with E-state index in [1.807, 2.05) is 12.1 Å². The Labute approximate surface area is 136 Å². The van der Waals surface area contributed by atoms with Gasteiger partial charge in [-0.2, -0.15) is 0 Å². The third-order valence-corrected chi connectivity index (χ3v) is 3.96. The van der Waals surface area contributed by atoms with E-state index in [0.717, 1.165) is 5.56 Å². The number of para-hydroxylation sites is 1. The normalized spacial score (nSPS) is 10.2. The van der Waals surface area contributed by atoms with Crippen molar-refractivity contribution in [3.63, 3.8) is 0 Å². The lowest BCUT2D eigenvalue weighted by Crippen LogP contribution is -2.17. The van der Waals surface area contributed by atoms with Crippen LogP contribution in [-0.2, 0) is 6.54 Å². The maximum atomic E-state index is 11.6. The molecule has 0 fully saturated rings. The highest BCUT2D eigenvalue weighted by Crippen LogP contribution is 2.29. The molecule has 0 aliphatic heterocycles. The number of carbonyl (C=O) groups is 1. The van der Waals surface area contributed by atoms with Gasteiger partial charge in [0.1, 0.15) is 5.75 Å². The molecule has 0 atom stereocenters. The SMILES string of the molecule is CNC(=O)c1ccc(Cl)c(NCc2cccc(Br)c2O)c1. The maximum absolute atomic E-state index is 11.6. The Morgan fingerprint density at radius 2 is 2.10 bits per heavy atom. The zero-order chi connectivity index (χ0) is 15.4. The number of nitrogens with one attached hydrogen (secondary N) is 2. The van der Waals surface area contributed by atoms with Crippen molar-refractivity contribution in [2.45, 2.75) is 6.54 Å². The minimum atomic E-state index is -0.181. The first kappa shape index (κ1) is 15.7. The second-order valence-corrected chi connectivity index (χ2v) is 5.64. The number of hydrogen-bond donors (Lipinski definition) is 3. The van der Waals surface area contributed by atoms with Crippen molar-refractivity contribution in [2.75, 3.05) is 12.4 Å². The lowest BCUT2D eigenvalue weighted by molar-refractivity contribution is 0.0963. The van der Waals surface area contributed by atoms with E-state index >= 15 is 0 Å². The molecule has 0 aliphatic carbocycles. The van der Waals surface area contributed by atoms with Crippen LogP contribution in [0, 0.1) is 0 Å². The summed E-state index contributed by atoms with van der Waals surface area (Å²) < 4.78 is 0.631. The predicted molar refractivity (Wildman–Crippen MR) is 88.0 cm³/mol. The Hall–Kier alpha value is -1.72. The van der Waals surface area contributed by atoms with Crippen molar-refractivity contribution in [3.8, 4) is 5.75 Å². The van der Waals surface area contributed by atoms with E-state index in [9.17, 15) is 9.90 Å². The number of aromatic hydroxyl groups is 1. The Balaban J connectivity index is 2.19. The molecule has 0 saturated carbocycles. The molecule has 4 nitrogen and oxygen atoms in total. The van der Waals surface area contributed by atoms with E-state index < -0.39 is 0 Å². The summed E-state index contributed by atoms with van der Waals surface area (Å²) in [4.78, 5) is 11.6. The molecule has 2 aromatic carbocycles. The van der Waals surface area contributed by atoms with Gasteiger partial charge in [-0.3, -0.25) is 4.79 Å². The molecule has 21 heavy (non-hydrogen) atoms. The fourth-order valence-corrected chi connectivity index (χ4v) is 2.43. The summed E-state index contributed by atoms with van der Waals surface area (Å²) in [6.45, 7) is 0.391. The third kappa shape index (κ3) is 3.68. The average Bonchev–Trinajstić information content (AvgIpc) is 2.49. The predicted octanol–water partition coefficient (Wildman–Crippen LogP) is 3.78. The molecular weight excluding hydrogens is 356 g/mol. The van der Waals surface area contributed by atoms with Gasteiger partial charge in [0.2, 0.25) is 0 Å². The summed E-state index contributed by atoms with van der Waals surface area (Å²) in [6.07, 6.45) is 0. The molecular formula is C15H14BrClN2O2. The van der Waals surface area contributed by atoms with Crippen molar-refractivity contribution in [2.24, 2.45) is 0 Å². The van der Waals surface area contributed by atoms with Crippen LogP contribution in [0.2, 0.25) is 5.02 Å². The van der Waals surface area contributed by atoms with Gasteiger partial charge in [0.15, 0.2) is 0 Å². The molecule has 0 aromatic heterocycles. The number of benzene rings is 2. The summed E-state index contributed by atoms with van der Waals surface area (Å²) in [5.74, 6) is 0.00333. The Morgan fingerprint density at radius 3 is 2.81 bits per heavy atom. The second-order valence-electron chi connectivity index (χ2n) is 4.37. The summed E-state index contributed by atoms with van der Waals surface area (Å²) in [5.41, 5.74) is 1.88. The van der Waals surface area contributed by atoms with Crippen LogP contribution >= 0.6 is 27.5 Å². The van der Waals surface area contributed by atoms with Gasteiger partial charge in [-0.25, -0.2) is 0 Å². The Morgan fingerprint density at radius 1 is 1.33 bits per heavy atom. The largest absolute Gasteiger partial charge is 0.506 e. The van der Waals surface area contributed by atoms with Crippen molar-refractivity contribution < 1.29 is 9.90 Å². The molecule has 2 rings (SSSR count). The highest BCUT2D eigenvalue weighted by molar-refractivity contribution is 9.10. The molecule has 0 unspecified atom stereocenters. The minimum absolute atomic E-state index is 0.181. The smallest absolute Gasteiger partial charge is 0.251 e. The molecule has 0 spiro atoms. The van der Waals surface area contributed by atoms with Gasteiger partial charge < -0.3 is 15.7 Å². The molecule has 3 N–H and O–H groups in total. The van der Waals surface area contributed by atoms with Gasteiger partial charge in [-0.1, -0.05) is 23.7 Å². The first-order chi connectivity index (χ1) is 10.0. The standard InChI is InChI=1S/C15H14BrClN2O2/c1-18-15(21)9-5-6-12(17)13(7-9)19-8-10-3-2-4-11(16)14(10)20/h2-7,19-20H,8H2,1H3,(H,18,21). The number of rotatable bonds is 4. The van der Waals surface area contributed by atoms with Crippen LogP contribution in [0.4, 0.5) is 5.69 Å². The molecule has 0 radical (unpaired) electrons. The van der Waals surface area contributed by atoms with Gasteiger partial charge in [-0.15, -0.1) is 0 Å². The lowest BCUT2D eigenvalue weighted by atomic mass is 10.1. The van der Waals surface area contributed by atoms with Crippen molar-refractivity contribution >= 4 is 39.1 Å². The van der Waals surface area contributed by atoms with Crippen LogP contribution in [0.3, 0.4) is 0 Å². The van der Waals surface area contributed by atoms with Gasteiger partial charge >= 0.3 is 0 Å². The van der Waals surface area contributed by atoms with Crippen molar-refractivity contribution in [1.29, 1.82) is 0 Å². The molecule has 0 aliphatic rings. The molecule has 1 amide bonds. The van der Waals surface area contributed by atoms with E-state index in [4.69, 9.17) is 11.6 Å². The minimum Gasteiger partial charge on any atom is -0.506 e. The number of carbonyl (C=O) groups excluding carboxylic acids is 1. The number of hydrogen-bond acceptors (Lipinski definition) is 3. The fourth-order valence-electron chi connectivity index (χ4n) is 1.84. The van der Waals surface area contributed by atoms with Gasteiger partial charge in [0, 0.05) is 24.7 Å². The van der Waals surface area contributed by atoms with Crippen LogP contribution in [0.25, 0.3) is 0 Å². The molecule has 0 heterocycles. The molecule has 6 heteroatoms.